The summed E-state index contributed by atoms with van der Waals surface area (Å²) in [5.74, 6) is -0.113. The van der Waals surface area contributed by atoms with Gasteiger partial charge in [-0.05, 0) is 43.6 Å². The molecule has 5 nitrogen and oxygen atoms in total. The van der Waals surface area contributed by atoms with E-state index in [1.54, 1.807) is 6.92 Å². The summed E-state index contributed by atoms with van der Waals surface area (Å²) < 4.78 is 31.4. The molecule has 0 heterocycles. The number of nitrogens with one attached hydrogen (secondary N) is 1. The van der Waals surface area contributed by atoms with Crippen LogP contribution in [-0.2, 0) is 14.9 Å². The summed E-state index contributed by atoms with van der Waals surface area (Å²) >= 11 is 0. The Morgan fingerprint density at radius 1 is 1.39 bits per heavy atom. The zero-order chi connectivity index (χ0) is 17.7. The topological polar surface area (TPSA) is 83.5 Å². The van der Waals surface area contributed by atoms with Crippen molar-refractivity contribution in [2.24, 2.45) is 17.3 Å². The van der Waals surface area contributed by atoms with Gasteiger partial charge in [-0.1, -0.05) is 40.5 Å². The Morgan fingerprint density at radius 2 is 2.04 bits per heavy atom. The summed E-state index contributed by atoms with van der Waals surface area (Å²) in [6.07, 6.45) is 6.55. The van der Waals surface area contributed by atoms with Gasteiger partial charge in [0.25, 0.3) is 10.1 Å². The van der Waals surface area contributed by atoms with E-state index in [0.29, 0.717) is 18.4 Å². The van der Waals surface area contributed by atoms with Gasteiger partial charge in [0.05, 0.1) is 11.8 Å². The molecule has 1 aliphatic rings. The molecule has 6 heteroatoms. The third-order valence-electron chi connectivity index (χ3n) is 5.35. The molecular formula is C17H33NO4S. The van der Waals surface area contributed by atoms with Crippen LogP contribution in [0.15, 0.2) is 0 Å². The SMILES string of the molecule is CCCCC1CC1(C)CCNC(CS(=O)(=O)O)C(=O)C(C)CC. The minimum absolute atomic E-state index is 0.131. The van der Waals surface area contributed by atoms with E-state index in [4.69, 9.17) is 4.55 Å². The molecule has 0 saturated heterocycles. The summed E-state index contributed by atoms with van der Waals surface area (Å²) in [4.78, 5) is 12.3. The molecule has 1 fully saturated rings. The molecule has 0 aromatic rings. The van der Waals surface area contributed by atoms with Crippen LogP contribution in [0.4, 0.5) is 0 Å². The maximum atomic E-state index is 12.3. The number of carbonyl (C=O) groups is 1. The van der Waals surface area contributed by atoms with E-state index >= 15 is 0 Å². The van der Waals surface area contributed by atoms with E-state index in [-0.39, 0.29) is 11.7 Å². The highest BCUT2D eigenvalue weighted by molar-refractivity contribution is 7.85. The van der Waals surface area contributed by atoms with Gasteiger partial charge in [0, 0.05) is 5.92 Å². The number of hydrogen-bond acceptors (Lipinski definition) is 4. The largest absolute Gasteiger partial charge is 0.307 e. The van der Waals surface area contributed by atoms with E-state index < -0.39 is 21.9 Å². The predicted octanol–water partition coefficient (Wildman–Crippen LogP) is 3.05. The average Bonchev–Trinajstić information content (AvgIpc) is 3.11. The molecule has 0 aliphatic heterocycles. The van der Waals surface area contributed by atoms with Crippen molar-refractivity contribution in [3.63, 3.8) is 0 Å². The molecule has 0 bridgehead atoms. The van der Waals surface area contributed by atoms with Crippen molar-refractivity contribution in [2.45, 2.75) is 72.3 Å². The standard InChI is InChI=1S/C17H33NO4S/c1-5-7-8-14-11-17(14,4)9-10-18-15(12-23(20,21)22)16(19)13(3)6-2/h13-15,18H,5-12H2,1-4H3,(H,20,21,22). The maximum Gasteiger partial charge on any atom is 0.266 e. The van der Waals surface area contributed by atoms with Gasteiger partial charge < -0.3 is 5.32 Å². The molecule has 0 spiro atoms. The molecule has 2 N–H and O–H groups in total. The molecule has 1 aliphatic carbocycles. The molecule has 1 rings (SSSR count). The fourth-order valence-electron chi connectivity index (χ4n) is 3.24. The van der Waals surface area contributed by atoms with Crippen LogP contribution in [0.5, 0.6) is 0 Å². The van der Waals surface area contributed by atoms with Crippen LogP contribution >= 0.6 is 0 Å². The van der Waals surface area contributed by atoms with Crippen molar-refractivity contribution in [3.8, 4) is 0 Å². The first-order chi connectivity index (χ1) is 10.6. The van der Waals surface area contributed by atoms with Gasteiger partial charge in [-0.25, -0.2) is 0 Å². The summed E-state index contributed by atoms with van der Waals surface area (Å²) in [6, 6.07) is -0.809. The fourth-order valence-corrected chi connectivity index (χ4v) is 3.94. The number of Topliss-reactive ketones (excluding diaryl/α,β-unsaturated/α-hetero) is 1. The lowest BCUT2D eigenvalue weighted by atomic mass is 9.96. The normalized spacial score (nSPS) is 26.7. The van der Waals surface area contributed by atoms with Crippen molar-refractivity contribution < 1.29 is 17.8 Å². The van der Waals surface area contributed by atoms with E-state index in [1.165, 1.54) is 25.7 Å². The van der Waals surface area contributed by atoms with Crippen molar-refractivity contribution in [1.82, 2.24) is 5.32 Å². The van der Waals surface area contributed by atoms with E-state index in [2.05, 4.69) is 19.2 Å². The lowest BCUT2D eigenvalue weighted by Crippen LogP contribution is -2.45. The number of rotatable bonds is 12. The second kappa shape index (κ2) is 8.58. The summed E-state index contributed by atoms with van der Waals surface area (Å²) in [5.41, 5.74) is 0.324. The summed E-state index contributed by atoms with van der Waals surface area (Å²) in [5, 5.41) is 3.08. The molecule has 0 radical (unpaired) electrons. The van der Waals surface area contributed by atoms with Gasteiger partial charge in [-0.2, -0.15) is 8.42 Å². The lowest BCUT2D eigenvalue weighted by Gasteiger charge is -2.21. The van der Waals surface area contributed by atoms with Crippen molar-refractivity contribution >= 4 is 15.9 Å². The molecule has 136 valence electrons. The fraction of sp³-hybridized carbons (Fsp3) is 0.941. The van der Waals surface area contributed by atoms with Gasteiger partial charge in [0.1, 0.15) is 0 Å². The van der Waals surface area contributed by atoms with E-state index in [9.17, 15) is 13.2 Å². The van der Waals surface area contributed by atoms with Crippen LogP contribution < -0.4 is 5.32 Å². The Morgan fingerprint density at radius 3 is 2.57 bits per heavy atom. The number of ketones is 1. The highest BCUT2D eigenvalue weighted by atomic mass is 32.2. The molecule has 4 unspecified atom stereocenters. The van der Waals surface area contributed by atoms with Crippen LogP contribution in [0.25, 0.3) is 0 Å². The molecular weight excluding hydrogens is 314 g/mol. The van der Waals surface area contributed by atoms with Crippen LogP contribution in [-0.4, -0.2) is 37.1 Å². The summed E-state index contributed by atoms with van der Waals surface area (Å²) in [6.45, 7) is 8.77. The monoisotopic (exact) mass is 347 g/mol. The van der Waals surface area contributed by atoms with E-state index in [1.807, 2.05) is 6.92 Å². The van der Waals surface area contributed by atoms with Crippen molar-refractivity contribution in [2.75, 3.05) is 12.3 Å². The number of hydrogen-bond donors (Lipinski definition) is 2. The van der Waals surface area contributed by atoms with Gasteiger partial charge in [-0.3, -0.25) is 9.35 Å². The Balaban J connectivity index is 2.50. The molecule has 23 heavy (non-hydrogen) atoms. The van der Waals surface area contributed by atoms with Crippen LogP contribution in [0.1, 0.15) is 66.2 Å². The first-order valence-corrected chi connectivity index (χ1v) is 10.5. The lowest BCUT2D eigenvalue weighted by molar-refractivity contribution is -0.124. The molecule has 4 atom stereocenters. The quantitative estimate of drug-likeness (QED) is 0.530. The smallest absolute Gasteiger partial charge is 0.266 e. The Kier molecular flexibility index (Phi) is 7.68. The molecule has 0 amide bonds. The molecule has 0 aromatic heterocycles. The second-order valence-corrected chi connectivity index (χ2v) is 8.91. The van der Waals surface area contributed by atoms with Crippen LogP contribution in [0.3, 0.4) is 0 Å². The number of carbonyl (C=O) groups excluding carboxylic acids is 1. The number of unbranched alkanes of at least 4 members (excludes halogenated alkanes) is 1. The average molecular weight is 348 g/mol. The minimum atomic E-state index is -4.17. The molecule has 1 saturated carbocycles. The van der Waals surface area contributed by atoms with Crippen LogP contribution in [0.2, 0.25) is 0 Å². The van der Waals surface area contributed by atoms with Gasteiger partial charge in [-0.15, -0.1) is 0 Å². The zero-order valence-corrected chi connectivity index (χ0v) is 15.8. The summed E-state index contributed by atoms with van der Waals surface area (Å²) in [7, 11) is -4.17. The third kappa shape index (κ3) is 6.89. The van der Waals surface area contributed by atoms with Crippen molar-refractivity contribution in [3.05, 3.63) is 0 Å². The van der Waals surface area contributed by atoms with Crippen LogP contribution in [0, 0.1) is 17.3 Å². The second-order valence-electron chi connectivity index (χ2n) is 7.41. The van der Waals surface area contributed by atoms with Gasteiger partial charge >= 0.3 is 0 Å². The molecule has 0 aromatic carbocycles. The zero-order valence-electron chi connectivity index (χ0n) is 15.0. The Labute approximate surface area is 141 Å². The maximum absolute atomic E-state index is 12.3. The Hall–Kier alpha value is -0.460. The van der Waals surface area contributed by atoms with E-state index in [0.717, 1.165) is 12.3 Å². The highest BCUT2D eigenvalue weighted by Gasteiger charge is 2.48. The first-order valence-electron chi connectivity index (χ1n) is 8.85. The first kappa shape index (κ1) is 20.6. The third-order valence-corrected chi connectivity index (χ3v) is 6.10. The predicted molar refractivity (Wildman–Crippen MR) is 93.0 cm³/mol. The minimum Gasteiger partial charge on any atom is -0.307 e. The van der Waals surface area contributed by atoms with Gasteiger partial charge in [0.2, 0.25) is 0 Å². The van der Waals surface area contributed by atoms with Gasteiger partial charge in [0.15, 0.2) is 5.78 Å². The highest BCUT2D eigenvalue weighted by Crippen LogP contribution is 2.57. The van der Waals surface area contributed by atoms with Crippen molar-refractivity contribution in [1.29, 1.82) is 0 Å². The Bertz CT molecular complexity index is 491.